The number of aromatic nitrogens is 2. The molecule has 2 aliphatic rings. The second-order valence-electron chi connectivity index (χ2n) is 7.37. The summed E-state index contributed by atoms with van der Waals surface area (Å²) in [6.45, 7) is 3.03. The van der Waals surface area contributed by atoms with Crippen LogP contribution in [0.5, 0.6) is 0 Å². The number of carbonyl (C=O) groups is 1. The van der Waals surface area contributed by atoms with Gasteiger partial charge in [-0.3, -0.25) is 4.79 Å². The fraction of sp³-hybridized carbons (Fsp3) is 0.474. The van der Waals surface area contributed by atoms with Crippen LogP contribution in [0.4, 0.5) is 8.78 Å². The van der Waals surface area contributed by atoms with E-state index in [1.165, 1.54) is 6.07 Å². The minimum Gasteiger partial charge on any atom is -0.337 e. The lowest BCUT2D eigenvalue weighted by atomic mass is 9.87. The van der Waals surface area contributed by atoms with Gasteiger partial charge in [0.1, 0.15) is 17.3 Å². The molecule has 1 aliphatic heterocycles. The molecule has 2 heterocycles. The topological polar surface area (TPSA) is 44.3 Å². The van der Waals surface area contributed by atoms with E-state index in [9.17, 15) is 13.6 Å². The molecule has 1 aliphatic carbocycles. The van der Waals surface area contributed by atoms with Gasteiger partial charge in [-0.25, -0.2) is 8.78 Å². The number of aromatic amines is 1. The molecule has 144 valence electrons. The highest BCUT2D eigenvalue weighted by atomic mass is 32.1. The van der Waals surface area contributed by atoms with Crippen LogP contribution in [0.25, 0.3) is 0 Å². The first-order valence-corrected chi connectivity index (χ1v) is 9.59. The molecule has 27 heavy (non-hydrogen) atoms. The van der Waals surface area contributed by atoms with Gasteiger partial charge in [-0.2, -0.15) is 0 Å². The summed E-state index contributed by atoms with van der Waals surface area (Å²) in [5, 5.41) is 0. The van der Waals surface area contributed by atoms with E-state index < -0.39 is 11.6 Å². The molecule has 1 N–H and O–H groups in total. The number of carbonyl (C=O) groups excluding carboxylic acids is 1. The van der Waals surface area contributed by atoms with E-state index in [0.29, 0.717) is 53.9 Å². The maximum absolute atomic E-state index is 14.3. The van der Waals surface area contributed by atoms with Gasteiger partial charge in [0.05, 0.1) is 0 Å². The lowest BCUT2D eigenvalue weighted by molar-refractivity contribution is 0.0650. The number of likely N-dealkylation sites (N-methyl/N-ethyl adjacent to an activating group) is 1. The normalized spacial score (nSPS) is 20.6. The molecule has 1 atom stereocenters. The molecule has 1 amide bonds. The molecule has 0 spiro atoms. The number of H-pyrrole nitrogens is 1. The van der Waals surface area contributed by atoms with Gasteiger partial charge in [-0.15, -0.1) is 0 Å². The minimum atomic E-state index is -0.547. The number of rotatable bonds is 2. The van der Waals surface area contributed by atoms with Crippen LogP contribution in [0.15, 0.2) is 18.3 Å². The third kappa shape index (κ3) is 3.43. The first kappa shape index (κ1) is 18.3. The van der Waals surface area contributed by atoms with Crippen LogP contribution >= 0.6 is 12.2 Å². The van der Waals surface area contributed by atoms with Crippen LogP contribution < -0.4 is 0 Å². The summed E-state index contributed by atoms with van der Waals surface area (Å²) in [6.07, 6.45) is 3.30. The number of hydrogen-bond donors (Lipinski definition) is 1. The van der Waals surface area contributed by atoms with Crippen LogP contribution in [0.2, 0.25) is 0 Å². The van der Waals surface area contributed by atoms with Crippen molar-refractivity contribution >= 4 is 18.1 Å². The predicted molar refractivity (Wildman–Crippen MR) is 100 cm³/mol. The summed E-state index contributed by atoms with van der Waals surface area (Å²) in [5.41, 5.74) is 1.74. The Labute approximate surface area is 161 Å². The van der Waals surface area contributed by atoms with Crippen LogP contribution in [0.1, 0.15) is 34.1 Å². The number of halogens is 2. The molecule has 1 aromatic carbocycles. The van der Waals surface area contributed by atoms with Crippen molar-refractivity contribution in [1.29, 1.82) is 0 Å². The maximum Gasteiger partial charge on any atom is 0.272 e. The largest absolute Gasteiger partial charge is 0.337 e. The third-order valence-corrected chi connectivity index (χ3v) is 5.94. The van der Waals surface area contributed by atoms with Crippen molar-refractivity contribution in [1.82, 2.24) is 19.4 Å². The molecular weight excluding hydrogens is 370 g/mol. The van der Waals surface area contributed by atoms with Gasteiger partial charge in [0.25, 0.3) is 5.91 Å². The smallest absolute Gasteiger partial charge is 0.272 e. The predicted octanol–water partition coefficient (Wildman–Crippen LogP) is 2.94. The van der Waals surface area contributed by atoms with E-state index in [1.807, 2.05) is 16.5 Å². The van der Waals surface area contributed by atoms with E-state index in [-0.39, 0.29) is 11.9 Å². The Morgan fingerprint density at radius 3 is 2.70 bits per heavy atom. The van der Waals surface area contributed by atoms with Gasteiger partial charge in [-0.05, 0) is 55.7 Å². The molecule has 8 heteroatoms. The molecule has 5 nitrogen and oxygen atoms in total. The van der Waals surface area contributed by atoms with E-state index in [0.717, 1.165) is 19.2 Å². The van der Waals surface area contributed by atoms with Gasteiger partial charge in [0, 0.05) is 44.5 Å². The van der Waals surface area contributed by atoms with Crippen molar-refractivity contribution in [2.45, 2.75) is 25.3 Å². The Morgan fingerprint density at radius 2 is 1.96 bits per heavy atom. The molecule has 1 saturated heterocycles. The van der Waals surface area contributed by atoms with Crippen molar-refractivity contribution in [3.63, 3.8) is 0 Å². The second-order valence-corrected chi connectivity index (χ2v) is 7.75. The minimum absolute atomic E-state index is 0.0548. The Hall–Kier alpha value is -2.06. The summed E-state index contributed by atoms with van der Waals surface area (Å²) < 4.78 is 30.0. The number of nitrogens with zero attached hydrogens (tertiary/aromatic N) is 3. The Kier molecular flexibility index (Phi) is 4.86. The van der Waals surface area contributed by atoms with Crippen LogP contribution in [0.3, 0.4) is 0 Å². The van der Waals surface area contributed by atoms with Crippen molar-refractivity contribution < 1.29 is 13.6 Å². The number of fused-ring (bicyclic) bond motifs is 1. The molecule has 0 radical (unpaired) electrons. The number of hydrogen-bond acceptors (Lipinski definition) is 3. The average Bonchev–Trinajstić information content (AvgIpc) is 3.03. The molecule has 1 unspecified atom stereocenters. The number of benzene rings is 1. The molecule has 2 aromatic rings. The molecule has 4 rings (SSSR count). The highest BCUT2D eigenvalue weighted by Gasteiger charge is 2.29. The highest BCUT2D eigenvalue weighted by molar-refractivity contribution is 7.71. The standard InChI is InChI=1S/C19H22F2N4OS/c1-23-4-6-24(7-5-23)18(26)17-11-22-19(27)25(17)14-3-2-12-8-13(20)9-16(21)15(12)10-14/h8-9,11,14H,2-7,10H2,1H3,(H,22,27). The summed E-state index contributed by atoms with van der Waals surface area (Å²) >= 11 is 5.42. The number of amides is 1. The summed E-state index contributed by atoms with van der Waals surface area (Å²) in [7, 11) is 2.04. The first-order valence-electron chi connectivity index (χ1n) is 9.18. The van der Waals surface area contributed by atoms with Crippen LogP contribution in [-0.4, -0.2) is 58.5 Å². The number of piperazine rings is 1. The van der Waals surface area contributed by atoms with Gasteiger partial charge in [0.15, 0.2) is 4.77 Å². The Balaban J connectivity index is 1.63. The van der Waals surface area contributed by atoms with E-state index in [2.05, 4.69) is 9.88 Å². The number of aryl methyl sites for hydroxylation is 1. The zero-order valence-electron chi connectivity index (χ0n) is 15.2. The quantitative estimate of drug-likeness (QED) is 0.800. The van der Waals surface area contributed by atoms with E-state index >= 15 is 0 Å². The highest BCUT2D eigenvalue weighted by Crippen LogP contribution is 2.32. The molecular formula is C19H22F2N4OS. The lowest BCUT2D eigenvalue weighted by Gasteiger charge is -2.33. The van der Waals surface area contributed by atoms with E-state index in [1.54, 1.807) is 6.20 Å². The van der Waals surface area contributed by atoms with Gasteiger partial charge in [0.2, 0.25) is 0 Å². The third-order valence-electron chi connectivity index (χ3n) is 5.62. The summed E-state index contributed by atoms with van der Waals surface area (Å²) in [4.78, 5) is 20.0. The first-order chi connectivity index (χ1) is 12.9. The van der Waals surface area contributed by atoms with Crippen molar-refractivity contribution in [3.05, 3.63) is 51.6 Å². The lowest BCUT2D eigenvalue weighted by Crippen LogP contribution is -2.47. The molecule has 1 aromatic heterocycles. The van der Waals surface area contributed by atoms with Crippen molar-refractivity contribution in [3.8, 4) is 0 Å². The summed E-state index contributed by atoms with van der Waals surface area (Å²) in [6, 6.07) is 2.21. The van der Waals surface area contributed by atoms with Gasteiger partial charge >= 0.3 is 0 Å². The zero-order valence-corrected chi connectivity index (χ0v) is 16.0. The monoisotopic (exact) mass is 392 g/mol. The molecule has 1 fully saturated rings. The fourth-order valence-electron chi connectivity index (χ4n) is 4.07. The van der Waals surface area contributed by atoms with Gasteiger partial charge < -0.3 is 19.4 Å². The van der Waals surface area contributed by atoms with E-state index in [4.69, 9.17) is 12.2 Å². The van der Waals surface area contributed by atoms with Crippen LogP contribution in [-0.2, 0) is 12.8 Å². The number of imidazole rings is 1. The van der Waals surface area contributed by atoms with Crippen molar-refractivity contribution in [2.75, 3.05) is 33.2 Å². The second kappa shape index (κ2) is 7.16. The van der Waals surface area contributed by atoms with Crippen molar-refractivity contribution in [2.24, 2.45) is 0 Å². The SMILES string of the molecule is CN1CCN(C(=O)c2c[nH]c(=S)n2C2CCc3cc(F)cc(F)c3C2)CC1. The number of nitrogens with one attached hydrogen (secondary N) is 1. The Morgan fingerprint density at radius 1 is 1.22 bits per heavy atom. The molecule has 0 saturated carbocycles. The maximum atomic E-state index is 14.3. The average molecular weight is 392 g/mol. The zero-order chi connectivity index (χ0) is 19.1. The fourth-order valence-corrected chi connectivity index (χ4v) is 4.37. The van der Waals surface area contributed by atoms with Gasteiger partial charge in [-0.1, -0.05) is 0 Å². The summed E-state index contributed by atoms with van der Waals surface area (Å²) in [5.74, 6) is -1.13. The Bertz CT molecular complexity index is 930. The van der Waals surface area contributed by atoms with Crippen LogP contribution in [0, 0.1) is 16.4 Å². The molecule has 0 bridgehead atoms.